The molecular weight excluding hydrogens is 328 g/mol. The van der Waals surface area contributed by atoms with E-state index in [4.69, 9.17) is 0 Å². The number of carbonyl (C=O) groups is 1. The Morgan fingerprint density at radius 1 is 1.29 bits per heavy atom. The standard InChI is InChI=1S/C16H16N4O3S/c21-14(9-11-6-8-24(22,23)10-11)17-16-18-15-13-4-2-1-3-12(13)5-7-20(15)19-16/h1-5,7,11H,6,8-10H2,(H,17,19,21). The van der Waals surface area contributed by atoms with Gasteiger partial charge in [0.05, 0.1) is 11.5 Å². The topological polar surface area (TPSA) is 93.4 Å². The molecule has 0 spiro atoms. The van der Waals surface area contributed by atoms with Gasteiger partial charge in [-0.05, 0) is 23.8 Å². The number of carbonyl (C=O) groups excluding carboxylic acids is 1. The lowest BCUT2D eigenvalue weighted by molar-refractivity contribution is -0.116. The van der Waals surface area contributed by atoms with Gasteiger partial charge in [-0.1, -0.05) is 24.3 Å². The van der Waals surface area contributed by atoms with Crippen molar-refractivity contribution in [2.45, 2.75) is 12.8 Å². The third-order valence-corrected chi connectivity index (χ3v) is 6.12. The normalized spacial score (nSPS) is 19.8. The number of anilines is 1. The summed E-state index contributed by atoms with van der Waals surface area (Å²) in [6, 6.07) is 9.76. The second kappa shape index (κ2) is 5.55. The summed E-state index contributed by atoms with van der Waals surface area (Å²) in [7, 11) is -2.97. The Kier molecular flexibility index (Phi) is 3.49. The van der Waals surface area contributed by atoms with E-state index in [-0.39, 0.29) is 35.7 Å². The Balaban J connectivity index is 1.54. The smallest absolute Gasteiger partial charge is 0.249 e. The van der Waals surface area contributed by atoms with Crippen LogP contribution in [0.25, 0.3) is 16.4 Å². The van der Waals surface area contributed by atoms with E-state index >= 15 is 0 Å². The number of hydrogen-bond donors (Lipinski definition) is 1. The second-order valence-electron chi connectivity index (χ2n) is 6.13. The lowest BCUT2D eigenvalue weighted by Crippen LogP contribution is -2.18. The van der Waals surface area contributed by atoms with Crippen LogP contribution in [0.4, 0.5) is 5.95 Å². The van der Waals surface area contributed by atoms with Gasteiger partial charge in [-0.15, -0.1) is 5.10 Å². The second-order valence-corrected chi connectivity index (χ2v) is 8.36. The number of aromatic nitrogens is 3. The van der Waals surface area contributed by atoms with E-state index in [0.717, 1.165) is 10.8 Å². The van der Waals surface area contributed by atoms with Crippen LogP contribution in [0.15, 0.2) is 36.5 Å². The maximum absolute atomic E-state index is 12.1. The number of hydrogen-bond acceptors (Lipinski definition) is 5. The van der Waals surface area contributed by atoms with Crippen molar-refractivity contribution >= 4 is 38.1 Å². The molecule has 0 bridgehead atoms. The zero-order valence-electron chi connectivity index (χ0n) is 12.8. The molecule has 7 nitrogen and oxygen atoms in total. The molecular formula is C16H16N4O3S. The summed E-state index contributed by atoms with van der Waals surface area (Å²) in [6.45, 7) is 0. The minimum absolute atomic E-state index is 0.0870. The maximum Gasteiger partial charge on any atom is 0.249 e. The number of benzene rings is 1. The average Bonchev–Trinajstić information content (AvgIpc) is 3.09. The minimum Gasteiger partial charge on any atom is -0.293 e. The Labute approximate surface area is 138 Å². The maximum atomic E-state index is 12.1. The number of nitrogens with one attached hydrogen (secondary N) is 1. The number of fused-ring (bicyclic) bond motifs is 3. The largest absolute Gasteiger partial charge is 0.293 e. The fraction of sp³-hybridized carbons (Fsp3) is 0.312. The summed E-state index contributed by atoms with van der Waals surface area (Å²) in [6.07, 6.45) is 2.51. The molecule has 1 amide bonds. The monoisotopic (exact) mass is 344 g/mol. The molecule has 1 atom stereocenters. The van der Waals surface area contributed by atoms with Crippen molar-refractivity contribution in [3.8, 4) is 0 Å². The van der Waals surface area contributed by atoms with Crippen LogP contribution in [0.3, 0.4) is 0 Å². The molecule has 1 saturated heterocycles. The van der Waals surface area contributed by atoms with E-state index in [1.165, 1.54) is 0 Å². The Morgan fingerprint density at radius 3 is 2.92 bits per heavy atom. The molecule has 1 aromatic carbocycles. The molecule has 3 aromatic rings. The number of nitrogens with zero attached hydrogens (tertiary/aromatic N) is 3. The first kappa shape index (κ1) is 15.1. The third kappa shape index (κ3) is 2.84. The van der Waals surface area contributed by atoms with Crippen molar-refractivity contribution in [2.75, 3.05) is 16.8 Å². The van der Waals surface area contributed by atoms with Crippen molar-refractivity contribution in [2.24, 2.45) is 5.92 Å². The van der Waals surface area contributed by atoms with Gasteiger partial charge in [0.1, 0.15) is 0 Å². The van der Waals surface area contributed by atoms with Crippen molar-refractivity contribution in [3.63, 3.8) is 0 Å². The molecule has 1 aliphatic rings. The van der Waals surface area contributed by atoms with Crippen molar-refractivity contribution in [1.82, 2.24) is 14.6 Å². The van der Waals surface area contributed by atoms with E-state index in [2.05, 4.69) is 15.4 Å². The lowest BCUT2D eigenvalue weighted by atomic mass is 10.1. The summed E-state index contributed by atoms with van der Waals surface area (Å²) < 4.78 is 24.5. The van der Waals surface area contributed by atoms with Gasteiger partial charge >= 0.3 is 0 Å². The van der Waals surface area contributed by atoms with E-state index in [1.807, 2.05) is 30.3 Å². The summed E-state index contributed by atoms with van der Waals surface area (Å²) >= 11 is 0. The lowest BCUT2D eigenvalue weighted by Gasteiger charge is -2.05. The van der Waals surface area contributed by atoms with Crippen LogP contribution >= 0.6 is 0 Å². The average molecular weight is 344 g/mol. The molecule has 124 valence electrons. The SMILES string of the molecule is O=C(CC1CCS(=O)(=O)C1)Nc1nc2c3ccccc3ccn2n1. The Bertz CT molecular complexity index is 1040. The van der Waals surface area contributed by atoms with Crippen LogP contribution < -0.4 is 5.32 Å². The molecule has 2 aromatic heterocycles. The van der Waals surface area contributed by atoms with Crippen LogP contribution in [-0.2, 0) is 14.6 Å². The molecule has 4 rings (SSSR count). The van der Waals surface area contributed by atoms with E-state index in [1.54, 1.807) is 10.7 Å². The van der Waals surface area contributed by atoms with Crippen molar-refractivity contribution < 1.29 is 13.2 Å². The number of pyridine rings is 1. The first-order valence-corrected chi connectivity index (χ1v) is 9.57. The van der Waals surface area contributed by atoms with E-state index in [0.29, 0.717) is 12.1 Å². The van der Waals surface area contributed by atoms with Gasteiger partial charge in [-0.25, -0.2) is 12.9 Å². The first-order valence-electron chi connectivity index (χ1n) is 7.75. The van der Waals surface area contributed by atoms with Gasteiger partial charge in [0, 0.05) is 18.0 Å². The van der Waals surface area contributed by atoms with Gasteiger partial charge in [0.15, 0.2) is 15.5 Å². The van der Waals surface area contributed by atoms with Crippen LogP contribution in [0.1, 0.15) is 12.8 Å². The summed E-state index contributed by atoms with van der Waals surface area (Å²) in [5.41, 5.74) is 0.673. The molecule has 1 fully saturated rings. The predicted molar refractivity (Wildman–Crippen MR) is 90.5 cm³/mol. The number of rotatable bonds is 3. The summed E-state index contributed by atoms with van der Waals surface area (Å²) in [5, 5.41) is 8.94. The highest BCUT2D eigenvalue weighted by Gasteiger charge is 2.29. The third-order valence-electron chi connectivity index (χ3n) is 4.28. The highest BCUT2D eigenvalue weighted by molar-refractivity contribution is 7.91. The van der Waals surface area contributed by atoms with Crippen LogP contribution in [0.2, 0.25) is 0 Å². The minimum atomic E-state index is -2.97. The highest BCUT2D eigenvalue weighted by Crippen LogP contribution is 2.22. The van der Waals surface area contributed by atoms with E-state index in [9.17, 15) is 13.2 Å². The highest BCUT2D eigenvalue weighted by atomic mass is 32.2. The van der Waals surface area contributed by atoms with Gasteiger partial charge in [-0.3, -0.25) is 10.1 Å². The summed E-state index contributed by atoms with van der Waals surface area (Å²) in [4.78, 5) is 16.5. The Hall–Kier alpha value is -2.48. The van der Waals surface area contributed by atoms with Gasteiger partial charge < -0.3 is 0 Å². The summed E-state index contributed by atoms with van der Waals surface area (Å²) in [5.74, 6) is 0.120. The van der Waals surface area contributed by atoms with E-state index < -0.39 is 9.84 Å². The number of amides is 1. The fourth-order valence-corrected chi connectivity index (χ4v) is 4.99. The van der Waals surface area contributed by atoms with Crippen molar-refractivity contribution in [1.29, 1.82) is 0 Å². The molecule has 3 heterocycles. The van der Waals surface area contributed by atoms with Gasteiger partial charge in [-0.2, -0.15) is 4.98 Å². The zero-order chi connectivity index (χ0) is 16.7. The van der Waals surface area contributed by atoms with Crippen molar-refractivity contribution in [3.05, 3.63) is 36.5 Å². The fourth-order valence-electron chi connectivity index (χ4n) is 3.13. The van der Waals surface area contributed by atoms with Crippen LogP contribution in [0, 0.1) is 5.92 Å². The predicted octanol–water partition coefficient (Wildman–Crippen LogP) is 1.65. The molecule has 1 N–H and O–H groups in total. The molecule has 0 aliphatic carbocycles. The quantitative estimate of drug-likeness (QED) is 0.780. The van der Waals surface area contributed by atoms with Crippen LogP contribution in [-0.4, -0.2) is 40.4 Å². The molecule has 0 radical (unpaired) electrons. The Morgan fingerprint density at radius 2 is 2.12 bits per heavy atom. The molecule has 0 saturated carbocycles. The van der Waals surface area contributed by atoms with Gasteiger partial charge in [0.2, 0.25) is 11.9 Å². The molecule has 1 unspecified atom stereocenters. The molecule has 8 heteroatoms. The van der Waals surface area contributed by atoms with Gasteiger partial charge in [0.25, 0.3) is 0 Å². The first-order chi connectivity index (χ1) is 11.5. The van der Waals surface area contributed by atoms with Crippen LogP contribution in [0.5, 0.6) is 0 Å². The zero-order valence-corrected chi connectivity index (χ0v) is 13.7. The molecule has 24 heavy (non-hydrogen) atoms. The molecule has 1 aliphatic heterocycles. The number of sulfone groups is 1.